The van der Waals surface area contributed by atoms with Gasteiger partial charge in [-0.1, -0.05) is 33.1 Å². The summed E-state index contributed by atoms with van der Waals surface area (Å²) in [5.74, 6) is 1.04. The third kappa shape index (κ3) is 2.63. The minimum atomic E-state index is -0.327. The van der Waals surface area contributed by atoms with E-state index in [1.807, 2.05) is 12.5 Å². The first-order chi connectivity index (χ1) is 9.66. The van der Waals surface area contributed by atoms with Crippen LogP contribution in [0, 0.1) is 11.8 Å². The topological polar surface area (TPSA) is 37.5 Å². The van der Waals surface area contributed by atoms with Crippen molar-refractivity contribution >= 4 is 16.2 Å². The molecule has 1 saturated carbocycles. The van der Waals surface area contributed by atoms with E-state index in [0.717, 1.165) is 29.8 Å². The van der Waals surface area contributed by atoms with Gasteiger partial charge in [-0.15, -0.1) is 11.3 Å². The predicted molar refractivity (Wildman–Crippen MR) is 83.1 cm³/mol. The fraction of sp³-hybridized carbons (Fsp3) is 0.688. The zero-order valence-corrected chi connectivity index (χ0v) is 13.2. The monoisotopic (exact) mass is 292 g/mol. The van der Waals surface area contributed by atoms with Crippen molar-refractivity contribution in [1.82, 2.24) is 9.38 Å². The number of hydrogen-bond donors (Lipinski definition) is 1. The van der Waals surface area contributed by atoms with Gasteiger partial charge in [-0.05, 0) is 31.1 Å². The van der Waals surface area contributed by atoms with E-state index in [0.29, 0.717) is 11.8 Å². The molecule has 1 fully saturated rings. The van der Waals surface area contributed by atoms with E-state index in [-0.39, 0.29) is 6.10 Å². The highest BCUT2D eigenvalue weighted by molar-refractivity contribution is 7.17. The molecular formula is C16H24N2OS. The van der Waals surface area contributed by atoms with Crippen LogP contribution in [-0.2, 0) is 6.42 Å². The molecule has 0 saturated heterocycles. The normalized spacial score (nSPS) is 19.0. The predicted octanol–water partition coefficient (Wildman–Crippen LogP) is 4.21. The maximum atomic E-state index is 10.9. The van der Waals surface area contributed by atoms with Gasteiger partial charge in [0, 0.05) is 4.88 Å². The average molecular weight is 292 g/mol. The number of imidazole rings is 1. The van der Waals surface area contributed by atoms with Gasteiger partial charge in [0.05, 0.1) is 18.0 Å². The van der Waals surface area contributed by atoms with Crippen molar-refractivity contribution in [3.63, 3.8) is 0 Å². The number of hydrogen-bond acceptors (Lipinski definition) is 3. The molecule has 2 heterocycles. The van der Waals surface area contributed by atoms with E-state index in [9.17, 15) is 5.11 Å². The first kappa shape index (κ1) is 14.1. The Hall–Kier alpha value is -0.870. The molecule has 2 aromatic heterocycles. The van der Waals surface area contributed by atoms with Crippen LogP contribution in [0.5, 0.6) is 0 Å². The summed E-state index contributed by atoms with van der Waals surface area (Å²) in [5.41, 5.74) is 1.11. The van der Waals surface area contributed by atoms with Crippen molar-refractivity contribution in [2.24, 2.45) is 11.8 Å². The molecule has 0 aromatic carbocycles. The summed E-state index contributed by atoms with van der Waals surface area (Å²) in [7, 11) is 0. The Morgan fingerprint density at radius 3 is 2.80 bits per heavy atom. The molecule has 3 rings (SSSR count). The second-order valence-corrected chi connectivity index (χ2v) is 7.57. The fourth-order valence-corrected chi connectivity index (χ4v) is 4.70. The van der Waals surface area contributed by atoms with Crippen molar-refractivity contribution in [3.8, 4) is 0 Å². The highest BCUT2D eigenvalue weighted by atomic mass is 32.1. The first-order valence-corrected chi connectivity index (χ1v) is 8.60. The van der Waals surface area contributed by atoms with Gasteiger partial charge in [0.2, 0.25) is 0 Å². The van der Waals surface area contributed by atoms with Gasteiger partial charge in [-0.25, -0.2) is 4.98 Å². The molecule has 110 valence electrons. The van der Waals surface area contributed by atoms with Crippen LogP contribution in [-0.4, -0.2) is 14.5 Å². The van der Waals surface area contributed by atoms with Crippen LogP contribution in [0.3, 0.4) is 0 Å². The molecule has 1 atom stereocenters. The second-order valence-electron chi connectivity index (χ2n) is 6.45. The first-order valence-electron chi connectivity index (χ1n) is 7.78. The lowest BCUT2D eigenvalue weighted by Crippen LogP contribution is -2.18. The summed E-state index contributed by atoms with van der Waals surface area (Å²) in [6.45, 7) is 4.48. The van der Waals surface area contributed by atoms with Crippen LogP contribution in [0.15, 0.2) is 12.5 Å². The van der Waals surface area contributed by atoms with Crippen LogP contribution in [0.1, 0.15) is 62.6 Å². The van der Waals surface area contributed by atoms with E-state index < -0.39 is 0 Å². The standard InChI is InChI=1S/C16H24N2OS/c1-11(2)8-13-15(18-10-17-9-14(18)20-13)16(19)12-6-4-3-5-7-12/h9-12,16,19H,3-8H2,1-2H3. The summed E-state index contributed by atoms with van der Waals surface area (Å²) in [5, 5.41) is 10.9. The van der Waals surface area contributed by atoms with Gasteiger partial charge in [0.15, 0.2) is 0 Å². The van der Waals surface area contributed by atoms with Crippen molar-refractivity contribution in [3.05, 3.63) is 23.1 Å². The van der Waals surface area contributed by atoms with E-state index in [4.69, 9.17) is 0 Å². The molecule has 4 heteroatoms. The fourth-order valence-electron chi connectivity index (χ4n) is 3.35. The minimum absolute atomic E-state index is 0.327. The molecule has 0 radical (unpaired) electrons. The summed E-state index contributed by atoms with van der Waals surface area (Å²) >= 11 is 1.79. The van der Waals surface area contributed by atoms with Crippen molar-refractivity contribution in [1.29, 1.82) is 0 Å². The van der Waals surface area contributed by atoms with Gasteiger partial charge >= 0.3 is 0 Å². The highest BCUT2D eigenvalue weighted by Crippen LogP contribution is 2.38. The third-order valence-corrected chi connectivity index (χ3v) is 5.48. The maximum absolute atomic E-state index is 10.9. The number of rotatable bonds is 4. The number of aliphatic hydroxyl groups is 1. The average Bonchev–Trinajstić information content (AvgIpc) is 2.98. The highest BCUT2D eigenvalue weighted by Gasteiger charge is 2.28. The molecule has 1 N–H and O–H groups in total. The molecule has 0 amide bonds. The zero-order chi connectivity index (χ0) is 14.1. The Morgan fingerprint density at radius 2 is 2.10 bits per heavy atom. The Labute approximate surface area is 124 Å². The lowest BCUT2D eigenvalue weighted by Gasteiger charge is -2.27. The smallest absolute Gasteiger partial charge is 0.120 e. The van der Waals surface area contributed by atoms with Crippen LogP contribution in [0.25, 0.3) is 4.83 Å². The minimum Gasteiger partial charge on any atom is -0.387 e. The van der Waals surface area contributed by atoms with Crippen LogP contribution >= 0.6 is 11.3 Å². The van der Waals surface area contributed by atoms with Crippen molar-refractivity contribution in [2.45, 2.75) is 58.5 Å². The molecule has 1 aliphatic rings. The lowest BCUT2D eigenvalue weighted by atomic mass is 9.83. The number of aliphatic hydroxyl groups excluding tert-OH is 1. The number of fused-ring (bicyclic) bond motifs is 1. The lowest BCUT2D eigenvalue weighted by molar-refractivity contribution is 0.0797. The van der Waals surface area contributed by atoms with Crippen LogP contribution in [0.4, 0.5) is 0 Å². The van der Waals surface area contributed by atoms with Crippen LogP contribution in [0.2, 0.25) is 0 Å². The third-order valence-electron chi connectivity index (χ3n) is 4.35. The Bertz CT molecular complexity index is 566. The maximum Gasteiger partial charge on any atom is 0.120 e. The summed E-state index contributed by atoms with van der Waals surface area (Å²) < 4.78 is 2.11. The largest absolute Gasteiger partial charge is 0.387 e. The van der Waals surface area contributed by atoms with Gasteiger partial charge in [-0.2, -0.15) is 0 Å². The van der Waals surface area contributed by atoms with Crippen LogP contribution < -0.4 is 0 Å². The summed E-state index contributed by atoms with van der Waals surface area (Å²) in [6, 6.07) is 0. The van der Waals surface area contributed by atoms with Gasteiger partial charge in [0.1, 0.15) is 11.2 Å². The molecule has 2 aromatic rings. The Kier molecular flexibility index (Phi) is 4.13. The van der Waals surface area contributed by atoms with Gasteiger partial charge in [-0.3, -0.25) is 4.40 Å². The molecule has 0 bridgehead atoms. The van der Waals surface area contributed by atoms with E-state index in [1.165, 1.54) is 24.1 Å². The molecule has 0 aliphatic heterocycles. The number of thiazole rings is 1. The Balaban J connectivity index is 1.96. The molecule has 20 heavy (non-hydrogen) atoms. The van der Waals surface area contributed by atoms with Crippen molar-refractivity contribution in [2.75, 3.05) is 0 Å². The summed E-state index contributed by atoms with van der Waals surface area (Å²) in [4.78, 5) is 6.73. The number of aromatic nitrogens is 2. The van der Waals surface area contributed by atoms with Gasteiger partial charge < -0.3 is 5.11 Å². The molecular weight excluding hydrogens is 268 g/mol. The van der Waals surface area contributed by atoms with Gasteiger partial charge in [0.25, 0.3) is 0 Å². The molecule has 3 nitrogen and oxygen atoms in total. The Morgan fingerprint density at radius 1 is 1.35 bits per heavy atom. The summed E-state index contributed by atoms with van der Waals surface area (Å²) in [6.07, 6.45) is 10.7. The van der Waals surface area contributed by atoms with Crippen molar-refractivity contribution < 1.29 is 5.11 Å². The molecule has 1 unspecified atom stereocenters. The molecule has 1 aliphatic carbocycles. The zero-order valence-electron chi connectivity index (χ0n) is 12.4. The second kappa shape index (κ2) is 5.86. The quantitative estimate of drug-likeness (QED) is 0.916. The SMILES string of the molecule is CC(C)Cc1sc2cncn2c1C(O)C1CCCCC1. The molecule has 0 spiro atoms. The van der Waals surface area contributed by atoms with E-state index in [1.54, 1.807) is 11.3 Å². The number of nitrogens with zero attached hydrogens (tertiary/aromatic N) is 2. The van der Waals surface area contributed by atoms with E-state index in [2.05, 4.69) is 23.2 Å². The van der Waals surface area contributed by atoms with E-state index >= 15 is 0 Å².